The number of urea groups is 1. The standard InChI is InChI=1S/C26H33ClFN4O5P/c1-5-38-37-21-11-10-19(12-20(21)28)29-22-30-23(33)32(14-26(4)15-35-25(2,3)36-16-26)24(34)31(22)13-17-6-8-18(27)9-7-17/h6-12,24,34,38H,5,13-16H2,1-4H3,(H,29,30,33). The first-order valence-corrected chi connectivity index (χ1v) is 13.8. The van der Waals surface area contributed by atoms with Gasteiger partial charge in [0.2, 0.25) is 12.3 Å². The first-order chi connectivity index (χ1) is 18.0. The summed E-state index contributed by atoms with van der Waals surface area (Å²) < 4.78 is 31.7. The maximum absolute atomic E-state index is 14.6. The number of amides is 2. The van der Waals surface area contributed by atoms with Gasteiger partial charge in [-0.2, -0.15) is 0 Å². The molecule has 0 bridgehead atoms. The Balaban J connectivity index is 1.61. The summed E-state index contributed by atoms with van der Waals surface area (Å²) in [6, 6.07) is 10.9. The molecule has 2 atom stereocenters. The number of halogens is 2. The highest BCUT2D eigenvalue weighted by atomic mass is 35.5. The molecule has 2 N–H and O–H groups in total. The molecule has 2 heterocycles. The summed E-state index contributed by atoms with van der Waals surface area (Å²) >= 11 is 6.04. The number of aliphatic hydroxyl groups is 1. The summed E-state index contributed by atoms with van der Waals surface area (Å²) in [5.74, 6) is -1.05. The molecule has 2 aliphatic heterocycles. The van der Waals surface area contributed by atoms with Gasteiger partial charge in [-0.05, 0) is 49.8 Å². The van der Waals surface area contributed by atoms with Crippen molar-refractivity contribution >= 4 is 38.1 Å². The topological polar surface area (TPSA) is 95.9 Å². The van der Waals surface area contributed by atoms with Gasteiger partial charge in [-0.3, -0.25) is 15.1 Å². The zero-order chi connectivity index (χ0) is 27.5. The summed E-state index contributed by atoms with van der Waals surface area (Å²) in [7, 11) is 0.148. The van der Waals surface area contributed by atoms with Crippen molar-refractivity contribution in [2.75, 3.05) is 25.9 Å². The van der Waals surface area contributed by atoms with E-state index in [0.717, 1.165) is 11.7 Å². The summed E-state index contributed by atoms with van der Waals surface area (Å²) in [4.78, 5) is 20.5. The lowest BCUT2D eigenvalue weighted by atomic mass is 9.90. The smallest absolute Gasteiger partial charge is 0.327 e. The van der Waals surface area contributed by atoms with Crippen LogP contribution in [-0.4, -0.2) is 65.0 Å². The number of guanidine groups is 1. The molecule has 4 rings (SSSR count). The highest BCUT2D eigenvalue weighted by Gasteiger charge is 2.43. The van der Waals surface area contributed by atoms with Crippen molar-refractivity contribution in [3.05, 3.63) is 58.9 Å². The number of rotatable bonds is 8. The van der Waals surface area contributed by atoms with Crippen LogP contribution in [0.1, 0.15) is 33.3 Å². The molecule has 2 aromatic rings. The molecule has 0 saturated carbocycles. The molecule has 0 radical (unpaired) electrons. The van der Waals surface area contributed by atoms with Gasteiger partial charge in [0.1, 0.15) is 0 Å². The molecule has 0 aromatic heterocycles. The van der Waals surface area contributed by atoms with E-state index in [1.54, 1.807) is 18.2 Å². The highest BCUT2D eigenvalue weighted by Crippen LogP contribution is 2.32. The Hall–Kier alpha value is -2.49. The van der Waals surface area contributed by atoms with Crippen molar-refractivity contribution in [1.29, 1.82) is 0 Å². The number of aliphatic hydroxyl groups excluding tert-OH is 1. The Kier molecular flexibility index (Phi) is 8.79. The van der Waals surface area contributed by atoms with Gasteiger partial charge in [0.15, 0.2) is 17.4 Å². The Morgan fingerprint density at radius 2 is 1.87 bits per heavy atom. The molecule has 206 valence electrons. The summed E-state index contributed by atoms with van der Waals surface area (Å²) in [6.45, 7) is 8.60. The summed E-state index contributed by atoms with van der Waals surface area (Å²) in [5.41, 5.74) is 0.534. The van der Waals surface area contributed by atoms with Gasteiger partial charge in [-0.25, -0.2) is 14.2 Å². The van der Waals surface area contributed by atoms with Crippen molar-refractivity contribution in [3.63, 3.8) is 0 Å². The number of ether oxygens (including phenoxy) is 2. The highest BCUT2D eigenvalue weighted by molar-refractivity contribution is 7.32. The van der Waals surface area contributed by atoms with Gasteiger partial charge in [0.05, 0.1) is 34.3 Å². The lowest BCUT2D eigenvalue weighted by Crippen LogP contribution is -2.67. The van der Waals surface area contributed by atoms with Crippen LogP contribution in [0.3, 0.4) is 0 Å². The number of nitrogens with one attached hydrogen (secondary N) is 1. The fraction of sp³-hybridized carbons (Fsp3) is 0.462. The molecule has 0 aliphatic carbocycles. The monoisotopic (exact) mass is 566 g/mol. The van der Waals surface area contributed by atoms with Gasteiger partial charge in [0, 0.05) is 23.0 Å². The minimum atomic E-state index is -1.36. The van der Waals surface area contributed by atoms with E-state index in [-0.39, 0.29) is 39.3 Å². The third-order valence-corrected chi connectivity index (χ3v) is 7.05. The fourth-order valence-electron chi connectivity index (χ4n) is 4.01. The SMILES string of the molecule is CCPOc1ccc(N=C2NC(=O)N(CC3(C)COC(C)(C)OC3)C(O)N2Cc2ccc(Cl)cc2)cc1F. The number of nitrogens with zero attached hydrogens (tertiary/aromatic N) is 3. The first kappa shape index (κ1) is 28.5. The summed E-state index contributed by atoms with van der Waals surface area (Å²) in [6.07, 6.45) is -0.582. The Bertz CT molecular complexity index is 1170. The van der Waals surface area contributed by atoms with Crippen molar-refractivity contribution in [2.24, 2.45) is 10.4 Å². The van der Waals surface area contributed by atoms with E-state index in [4.69, 9.17) is 25.6 Å². The Morgan fingerprint density at radius 3 is 2.50 bits per heavy atom. The molecule has 12 heteroatoms. The second kappa shape index (κ2) is 11.7. The van der Waals surface area contributed by atoms with Gasteiger partial charge in [-0.1, -0.05) is 37.6 Å². The molecule has 2 amide bonds. The molecule has 2 aromatic carbocycles. The van der Waals surface area contributed by atoms with Crippen molar-refractivity contribution in [3.8, 4) is 5.75 Å². The molecule has 0 spiro atoms. The zero-order valence-corrected chi connectivity index (χ0v) is 23.6. The van der Waals surface area contributed by atoms with Crippen LogP contribution in [0.4, 0.5) is 14.9 Å². The normalized spacial score (nSPS) is 22.2. The van der Waals surface area contributed by atoms with E-state index in [9.17, 15) is 14.3 Å². The van der Waals surface area contributed by atoms with Crippen molar-refractivity contribution in [2.45, 2.75) is 46.4 Å². The van der Waals surface area contributed by atoms with Gasteiger partial charge in [-0.15, -0.1) is 0 Å². The number of aliphatic imine (C=N–C) groups is 1. The third-order valence-electron chi connectivity index (χ3n) is 6.14. The molecular weight excluding hydrogens is 534 g/mol. The van der Waals surface area contributed by atoms with Crippen LogP contribution in [0, 0.1) is 11.2 Å². The van der Waals surface area contributed by atoms with Gasteiger partial charge >= 0.3 is 6.03 Å². The number of hydrogen-bond donors (Lipinski definition) is 2. The first-order valence-electron chi connectivity index (χ1n) is 12.3. The van der Waals surface area contributed by atoms with E-state index < -0.39 is 29.4 Å². The molecular formula is C26H33ClFN4O5P. The Labute approximate surface area is 228 Å². The van der Waals surface area contributed by atoms with Crippen LogP contribution in [0.5, 0.6) is 5.75 Å². The molecule has 2 fully saturated rings. The van der Waals surface area contributed by atoms with Crippen LogP contribution in [0.15, 0.2) is 47.5 Å². The van der Waals surface area contributed by atoms with Crippen LogP contribution < -0.4 is 9.84 Å². The summed E-state index contributed by atoms with van der Waals surface area (Å²) in [5, 5.41) is 14.8. The van der Waals surface area contributed by atoms with Crippen LogP contribution in [0.2, 0.25) is 5.02 Å². The quantitative estimate of drug-likeness (QED) is 0.434. The van der Waals surface area contributed by atoms with E-state index in [2.05, 4.69) is 10.3 Å². The van der Waals surface area contributed by atoms with E-state index >= 15 is 0 Å². The number of carbonyl (C=O) groups is 1. The lowest BCUT2D eigenvalue weighted by Gasteiger charge is -2.47. The number of hydrogen-bond acceptors (Lipinski definition) is 6. The molecule has 2 unspecified atom stereocenters. The predicted molar refractivity (Wildman–Crippen MR) is 145 cm³/mol. The molecule has 2 aliphatic rings. The van der Waals surface area contributed by atoms with E-state index in [1.165, 1.54) is 21.9 Å². The number of benzene rings is 2. The maximum Gasteiger partial charge on any atom is 0.327 e. The Morgan fingerprint density at radius 1 is 1.18 bits per heavy atom. The van der Waals surface area contributed by atoms with Gasteiger partial charge < -0.3 is 19.1 Å². The largest absolute Gasteiger partial charge is 0.474 e. The fourth-order valence-corrected chi connectivity index (χ4v) is 4.60. The number of carbonyl (C=O) groups excluding carboxylic acids is 1. The van der Waals surface area contributed by atoms with Crippen molar-refractivity contribution < 1.29 is 28.3 Å². The maximum atomic E-state index is 14.6. The minimum Gasteiger partial charge on any atom is -0.474 e. The van der Waals surface area contributed by atoms with Crippen molar-refractivity contribution in [1.82, 2.24) is 15.1 Å². The molecule has 9 nitrogen and oxygen atoms in total. The average Bonchev–Trinajstić information content (AvgIpc) is 2.87. The van der Waals surface area contributed by atoms with E-state index in [0.29, 0.717) is 18.2 Å². The van der Waals surface area contributed by atoms with Crippen LogP contribution >= 0.6 is 20.4 Å². The molecule has 38 heavy (non-hydrogen) atoms. The second-order valence-corrected chi connectivity index (χ2v) is 11.7. The predicted octanol–water partition coefficient (Wildman–Crippen LogP) is 5.05. The minimum absolute atomic E-state index is 0.0830. The van der Waals surface area contributed by atoms with Gasteiger partial charge in [0.25, 0.3) is 0 Å². The third kappa shape index (κ3) is 6.93. The molecule has 2 saturated heterocycles. The average molecular weight is 567 g/mol. The zero-order valence-electron chi connectivity index (χ0n) is 21.8. The van der Waals surface area contributed by atoms with Crippen LogP contribution in [-0.2, 0) is 16.0 Å². The van der Waals surface area contributed by atoms with E-state index in [1.807, 2.05) is 39.8 Å². The lowest BCUT2D eigenvalue weighted by molar-refractivity contribution is -0.285. The van der Waals surface area contributed by atoms with Crippen LogP contribution in [0.25, 0.3) is 0 Å². The second-order valence-electron chi connectivity index (χ2n) is 10.1.